The normalized spacial score (nSPS) is 12.5. The molecule has 0 fully saturated rings. The molecule has 0 aliphatic heterocycles. The number of hydrogen-bond donors (Lipinski definition) is 2. The Morgan fingerprint density at radius 2 is 1.85 bits per heavy atom. The van der Waals surface area contributed by atoms with Gasteiger partial charge in [-0.2, -0.15) is 4.72 Å². The highest BCUT2D eigenvalue weighted by Gasteiger charge is 2.25. The summed E-state index contributed by atoms with van der Waals surface area (Å²) in [5.41, 5.74) is 1.34. The average molecular weight is 417 g/mol. The molecule has 2 aromatic carbocycles. The highest BCUT2D eigenvalue weighted by Crippen LogP contribution is 2.27. The number of carbonyl (C=O) groups is 1. The Hall–Kier alpha value is -1.80. The van der Waals surface area contributed by atoms with Crippen LogP contribution in [0.2, 0.25) is 10.0 Å². The summed E-state index contributed by atoms with van der Waals surface area (Å²) in [6, 6.07) is 8.20. The molecule has 140 valence electrons. The van der Waals surface area contributed by atoms with Gasteiger partial charge in [-0.05, 0) is 49.7 Å². The minimum atomic E-state index is -4.02. The number of hydrogen-bond acceptors (Lipinski definition) is 4. The summed E-state index contributed by atoms with van der Waals surface area (Å²) in [5.74, 6) is -0.408. The number of carbonyl (C=O) groups excluding carboxylic acids is 1. The molecule has 6 nitrogen and oxygen atoms in total. The molecule has 0 bridgehead atoms. The molecule has 0 spiro atoms. The lowest BCUT2D eigenvalue weighted by molar-refractivity contribution is -0.117. The second-order valence-electron chi connectivity index (χ2n) is 5.59. The van der Waals surface area contributed by atoms with Gasteiger partial charge in [-0.15, -0.1) is 0 Å². The molecule has 2 aromatic rings. The van der Waals surface area contributed by atoms with Crippen molar-refractivity contribution in [2.45, 2.75) is 24.8 Å². The Morgan fingerprint density at radius 3 is 2.46 bits per heavy atom. The fourth-order valence-electron chi connectivity index (χ4n) is 2.13. The lowest BCUT2D eigenvalue weighted by atomic mass is 10.2. The first-order valence-electron chi connectivity index (χ1n) is 7.57. The number of aryl methyl sites for hydroxylation is 1. The molecule has 0 aromatic heterocycles. The van der Waals surface area contributed by atoms with E-state index < -0.39 is 22.0 Å². The van der Waals surface area contributed by atoms with Crippen LogP contribution in [-0.2, 0) is 14.8 Å². The van der Waals surface area contributed by atoms with Crippen molar-refractivity contribution in [3.05, 3.63) is 52.0 Å². The molecule has 26 heavy (non-hydrogen) atoms. The lowest BCUT2D eigenvalue weighted by Crippen LogP contribution is -2.41. The first kappa shape index (κ1) is 20.5. The molecule has 9 heteroatoms. The van der Waals surface area contributed by atoms with Crippen molar-refractivity contribution in [3.8, 4) is 5.75 Å². The van der Waals surface area contributed by atoms with Gasteiger partial charge in [0.2, 0.25) is 15.9 Å². The SMILES string of the molecule is COc1ccc(Cl)cc1S(=O)(=O)N[C@H](C)C(=O)Nc1ccc(C)c(Cl)c1. The van der Waals surface area contributed by atoms with Crippen LogP contribution in [0.3, 0.4) is 0 Å². The van der Waals surface area contributed by atoms with Gasteiger partial charge in [-0.1, -0.05) is 29.3 Å². The first-order valence-corrected chi connectivity index (χ1v) is 9.81. The summed E-state index contributed by atoms with van der Waals surface area (Å²) in [6.07, 6.45) is 0. The van der Waals surface area contributed by atoms with Gasteiger partial charge < -0.3 is 10.1 Å². The molecular formula is C17H18Cl2N2O4S. The summed E-state index contributed by atoms with van der Waals surface area (Å²) >= 11 is 11.9. The van der Waals surface area contributed by atoms with Gasteiger partial charge in [0.15, 0.2) is 0 Å². The zero-order chi connectivity index (χ0) is 19.5. The highest BCUT2D eigenvalue weighted by atomic mass is 35.5. The van der Waals surface area contributed by atoms with Gasteiger partial charge in [-0.25, -0.2) is 8.42 Å². The van der Waals surface area contributed by atoms with Gasteiger partial charge in [-0.3, -0.25) is 4.79 Å². The van der Waals surface area contributed by atoms with E-state index >= 15 is 0 Å². The fraction of sp³-hybridized carbons (Fsp3) is 0.235. The molecule has 0 radical (unpaired) electrons. The first-order chi connectivity index (χ1) is 12.1. The van der Waals surface area contributed by atoms with Crippen LogP contribution in [0.4, 0.5) is 5.69 Å². The molecule has 1 atom stereocenters. The minimum Gasteiger partial charge on any atom is -0.495 e. The van der Waals surface area contributed by atoms with E-state index in [0.717, 1.165) is 5.56 Å². The zero-order valence-electron chi connectivity index (χ0n) is 14.3. The van der Waals surface area contributed by atoms with Gasteiger partial charge in [0.1, 0.15) is 10.6 Å². The monoisotopic (exact) mass is 416 g/mol. The largest absolute Gasteiger partial charge is 0.495 e. The van der Waals surface area contributed by atoms with E-state index in [4.69, 9.17) is 27.9 Å². The Labute approximate surface area is 162 Å². The molecule has 0 unspecified atom stereocenters. The van der Waals surface area contributed by atoms with E-state index in [1.807, 2.05) is 6.92 Å². The molecule has 0 aliphatic rings. The Kier molecular flexibility index (Phi) is 6.52. The van der Waals surface area contributed by atoms with E-state index in [9.17, 15) is 13.2 Å². The number of halogens is 2. The third-order valence-corrected chi connectivity index (χ3v) is 5.78. The molecule has 0 saturated heterocycles. The van der Waals surface area contributed by atoms with Crippen LogP contribution in [0.5, 0.6) is 5.75 Å². The number of ether oxygens (including phenoxy) is 1. The maximum absolute atomic E-state index is 12.6. The maximum Gasteiger partial charge on any atom is 0.245 e. The van der Waals surface area contributed by atoms with Crippen LogP contribution in [0, 0.1) is 6.92 Å². The predicted molar refractivity (Wildman–Crippen MR) is 103 cm³/mol. The van der Waals surface area contributed by atoms with Crippen molar-refractivity contribution < 1.29 is 17.9 Å². The number of rotatable bonds is 6. The topological polar surface area (TPSA) is 84.5 Å². The van der Waals surface area contributed by atoms with Gasteiger partial charge >= 0.3 is 0 Å². The van der Waals surface area contributed by atoms with Gasteiger partial charge in [0, 0.05) is 15.7 Å². The van der Waals surface area contributed by atoms with Crippen LogP contribution in [0.1, 0.15) is 12.5 Å². The number of anilines is 1. The van der Waals surface area contributed by atoms with Crippen molar-refractivity contribution in [1.29, 1.82) is 0 Å². The van der Waals surface area contributed by atoms with Crippen LogP contribution >= 0.6 is 23.2 Å². The number of sulfonamides is 1. The van der Waals surface area contributed by atoms with E-state index in [0.29, 0.717) is 10.7 Å². The standard InChI is InChI=1S/C17H18Cl2N2O4S/c1-10-4-6-13(9-14(10)19)20-17(22)11(2)21-26(23,24)16-8-12(18)5-7-15(16)25-3/h4-9,11,21H,1-3H3,(H,20,22)/t11-/m1/s1. The second-order valence-corrected chi connectivity index (χ2v) is 8.12. The zero-order valence-corrected chi connectivity index (χ0v) is 16.7. The quantitative estimate of drug-likeness (QED) is 0.752. The van der Waals surface area contributed by atoms with E-state index in [2.05, 4.69) is 10.0 Å². The summed E-state index contributed by atoms with van der Waals surface area (Å²) in [6.45, 7) is 3.27. The molecule has 2 N–H and O–H groups in total. The Bertz CT molecular complexity index is 932. The molecule has 0 heterocycles. The summed E-state index contributed by atoms with van der Waals surface area (Å²) in [7, 11) is -2.68. The molecule has 1 amide bonds. The second kappa shape index (κ2) is 8.26. The van der Waals surface area contributed by atoms with Crippen molar-refractivity contribution in [2.75, 3.05) is 12.4 Å². The molecule has 0 aliphatic carbocycles. The van der Waals surface area contributed by atoms with Crippen molar-refractivity contribution >= 4 is 44.8 Å². The minimum absolute atomic E-state index is 0.125. The fourth-order valence-corrected chi connectivity index (χ4v) is 3.95. The predicted octanol–water partition coefficient (Wildman–Crippen LogP) is 3.62. The lowest BCUT2D eigenvalue weighted by Gasteiger charge is -2.16. The Balaban J connectivity index is 2.17. The Morgan fingerprint density at radius 1 is 1.15 bits per heavy atom. The number of methoxy groups -OCH3 is 1. The van der Waals surface area contributed by atoms with E-state index in [1.165, 1.54) is 32.2 Å². The van der Waals surface area contributed by atoms with Crippen molar-refractivity contribution in [1.82, 2.24) is 4.72 Å². The third kappa shape index (κ3) is 4.88. The van der Waals surface area contributed by atoms with Crippen LogP contribution in [0.25, 0.3) is 0 Å². The highest BCUT2D eigenvalue weighted by molar-refractivity contribution is 7.89. The number of nitrogens with one attached hydrogen (secondary N) is 2. The average Bonchev–Trinajstić information content (AvgIpc) is 2.57. The van der Waals surface area contributed by atoms with Gasteiger partial charge in [0.05, 0.1) is 13.2 Å². The maximum atomic E-state index is 12.6. The van der Waals surface area contributed by atoms with Crippen LogP contribution in [0.15, 0.2) is 41.3 Å². The van der Waals surface area contributed by atoms with E-state index in [-0.39, 0.29) is 15.7 Å². The third-order valence-electron chi connectivity index (χ3n) is 3.58. The van der Waals surface area contributed by atoms with Crippen LogP contribution < -0.4 is 14.8 Å². The number of amides is 1. The van der Waals surface area contributed by atoms with Gasteiger partial charge in [0.25, 0.3) is 0 Å². The molecular weight excluding hydrogens is 399 g/mol. The summed E-state index contributed by atoms with van der Waals surface area (Å²) in [5, 5.41) is 3.35. The summed E-state index contributed by atoms with van der Waals surface area (Å²) in [4.78, 5) is 12.2. The molecule has 2 rings (SSSR count). The molecule has 0 saturated carbocycles. The number of benzene rings is 2. The summed E-state index contributed by atoms with van der Waals surface area (Å²) < 4.78 is 32.5. The smallest absolute Gasteiger partial charge is 0.245 e. The van der Waals surface area contributed by atoms with E-state index in [1.54, 1.807) is 18.2 Å². The van der Waals surface area contributed by atoms with Crippen molar-refractivity contribution in [3.63, 3.8) is 0 Å². The van der Waals surface area contributed by atoms with Crippen molar-refractivity contribution in [2.24, 2.45) is 0 Å². The van der Waals surface area contributed by atoms with Crippen LogP contribution in [-0.4, -0.2) is 27.5 Å².